The van der Waals surface area contributed by atoms with Crippen LogP contribution in [0, 0.1) is 0 Å². The molecule has 11 nitrogen and oxygen atoms in total. The van der Waals surface area contributed by atoms with Crippen molar-refractivity contribution in [1.29, 1.82) is 0 Å². The Labute approximate surface area is 102 Å². The number of ketones is 1. The summed E-state index contributed by atoms with van der Waals surface area (Å²) < 4.78 is 33.3. The Kier molecular flexibility index (Phi) is 10.1. The first-order valence-electron chi connectivity index (χ1n) is 4.01. The average Bonchev–Trinajstić information content (AvgIpc) is 2.62. The minimum Gasteiger partial charge on any atom is -0.332 e. The fraction of sp³-hybridized carbons (Fsp3) is 0.333. The second-order valence-electron chi connectivity index (χ2n) is 2.55. The van der Waals surface area contributed by atoms with Crippen molar-refractivity contribution in [1.82, 2.24) is 15.2 Å². The van der Waals surface area contributed by atoms with Crippen LogP contribution in [-0.4, -0.2) is 43.3 Å². The zero-order chi connectivity index (χ0) is 14.8. The molecule has 0 amide bonds. The van der Waals surface area contributed by atoms with Gasteiger partial charge in [-0.1, -0.05) is 0 Å². The van der Waals surface area contributed by atoms with Crippen LogP contribution in [0.15, 0.2) is 12.4 Å². The summed E-state index contributed by atoms with van der Waals surface area (Å²) >= 11 is 0. The summed E-state index contributed by atoms with van der Waals surface area (Å²) in [7, 11) is -2.87. The lowest BCUT2D eigenvalue weighted by atomic mass is 10.4. The molecular weight excluding hydrogens is 274 g/mol. The Morgan fingerprint density at radius 2 is 1.89 bits per heavy atom. The molecule has 0 aliphatic heterocycles. The highest BCUT2D eigenvalue weighted by molar-refractivity contribution is 7.79. The van der Waals surface area contributed by atoms with Crippen LogP contribution in [0.1, 0.15) is 17.5 Å². The van der Waals surface area contributed by atoms with Crippen molar-refractivity contribution >= 4 is 16.2 Å². The summed E-state index contributed by atoms with van der Waals surface area (Å²) in [5, 5.41) is 14.2. The largest absolute Gasteiger partial charge is 0.394 e. The molecular formula is C6H13N3O8S. The molecule has 1 aromatic rings. The summed E-state index contributed by atoms with van der Waals surface area (Å²) in [6.45, 7) is 1.50. The van der Waals surface area contributed by atoms with E-state index in [1.54, 1.807) is 24.0 Å². The maximum absolute atomic E-state index is 10.6. The predicted molar refractivity (Wildman–Crippen MR) is 56.0 cm³/mol. The Morgan fingerprint density at radius 3 is 2.00 bits per heavy atom. The van der Waals surface area contributed by atoms with Crippen LogP contribution in [0.5, 0.6) is 0 Å². The lowest BCUT2D eigenvalue weighted by Crippen LogP contribution is -2.02. The van der Waals surface area contributed by atoms with E-state index in [1.165, 1.54) is 6.92 Å². The van der Waals surface area contributed by atoms with Gasteiger partial charge in [-0.25, -0.2) is 10.2 Å². The molecule has 12 heteroatoms. The van der Waals surface area contributed by atoms with Gasteiger partial charge in [0.25, 0.3) is 0 Å². The summed E-state index contributed by atoms with van der Waals surface area (Å²) in [5.41, 5.74) is 0.986. The van der Waals surface area contributed by atoms with E-state index in [1.807, 2.05) is 0 Å². The van der Waals surface area contributed by atoms with E-state index >= 15 is 0 Å². The Morgan fingerprint density at radius 1 is 1.50 bits per heavy atom. The molecule has 0 unspecified atom stereocenters. The number of nitrogens with one attached hydrogen (secondary N) is 1. The van der Waals surface area contributed by atoms with Gasteiger partial charge >= 0.3 is 10.4 Å². The highest BCUT2D eigenvalue weighted by Gasteiger charge is 2.01. The standard InChI is InChI=1S/C6H8N2O.H3NO3.H2O4S/c1-5(9)6-7-3-4-8(6)2;2-1-4-3;1-5(2,3)4/h3-4H,1-2H3;1-3H;(H2,1,2,3,4). The summed E-state index contributed by atoms with van der Waals surface area (Å²) in [5.74, 6) is 0.512. The van der Waals surface area contributed by atoms with Gasteiger partial charge in [-0.2, -0.15) is 8.42 Å². The first-order valence-corrected chi connectivity index (χ1v) is 5.40. The van der Waals surface area contributed by atoms with Crippen LogP contribution in [-0.2, 0) is 22.4 Å². The summed E-state index contributed by atoms with van der Waals surface area (Å²) in [4.78, 5) is 17.3. The number of aromatic nitrogens is 2. The average molecular weight is 287 g/mol. The lowest BCUT2D eigenvalue weighted by molar-refractivity contribution is -0.356. The molecule has 1 rings (SSSR count). The molecule has 1 heterocycles. The Bertz CT molecular complexity index is 431. The quantitative estimate of drug-likeness (QED) is 0.203. The molecule has 5 N–H and O–H groups in total. The van der Waals surface area contributed by atoms with Crippen molar-refractivity contribution in [3.8, 4) is 0 Å². The minimum atomic E-state index is -4.67. The van der Waals surface area contributed by atoms with Crippen molar-refractivity contribution in [2.75, 3.05) is 0 Å². The molecule has 0 atom stereocenters. The zero-order valence-corrected chi connectivity index (χ0v) is 10.2. The third-order valence-corrected chi connectivity index (χ3v) is 1.18. The molecule has 0 aromatic carbocycles. The monoisotopic (exact) mass is 287 g/mol. The summed E-state index contributed by atoms with van der Waals surface area (Å²) in [6.07, 6.45) is 3.35. The van der Waals surface area contributed by atoms with Gasteiger partial charge < -0.3 is 4.57 Å². The van der Waals surface area contributed by atoms with E-state index in [-0.39, 0.29) is 5.78 Å². The highest BCUT2D eigenvalue weighted by atomic mass is 32.3. The van der Waals surface area contributed by atoms with Crippen LogP contribution in [0.4, 0.5) is 0 Å². The molecule has 0 saturated heterocycles. The number of carbonyl (C=O) groups excluding carboxylic acids is 1. The number of hydrogen-bond donors (Lipinski definition) is 5. The van der Waals surface area contributed by atoms with Gasteiger partial charge in [0, 0.05) is 26.4 Å². The van der Waals surface area contributed by atoms with Crippen molar-refractivity contribution in [2.24, 2.45) is 7.05 Å². The number of carbonyl (C=O) groups is 1. The lowest BCUT2D eigenvalue weighted by Gasteiger charge is -1.92. The van der Waals surface area contributed by atoms with Gasteiger partial charge in [0.05, 0.1) is 0 Å². The maximum Gasteiger partial charge on any atom is 0.394 e. The number of hydrogen-bond acceptors (Lipinski definition) is 8. The van der Waals surface area contributed by atoms with Gasteiger partial charge in [0.2, 0.25) is 0 Å². The van der Waals surface area contributed by atoms with E-state index in [4.69, 9.17) is 28.0 Å². The van der Waals surface area contributed by atoms with E-state index < -0.39 is 10.4 Å². The predicted octanol–water partition coefficient (Wildman–Crippen LogP) is -0.660. The van der Waals surface area contributed by atoms with Gasteiger partial charge in [0.1, 0.15) is 0 Å². The van der Waals surface area contributed by atoms with Crippen LogP contribution < -0.4 is 5.64 Å². The second kappa shape index (κ2) is 9.60. The minimum absolute atomic E-state index is 0.00231. The fourth-order valence-electron chi connectivity index (χ4n) is 0.705. The molecule has 0 saturated carbocycles. The van der Waals surface area contributed by atoms with Crippen molar-refractivity contribution in [3.05, 3.63) is 18.2 Å². The van der Waals surface area contributed by atoms with Gasteiger partial charge in [-0.3, -0.25) is 19.1 Å². The Balaban J connectivity index is 0. The highest BCUT2D eigenvalue weighted by Crippen LogP contribution is 1.93. The van der Waals surface area contributed by atoms with Crippen LogP contribution in [0.2, 0.25) is 0 Å². The zero-order valence-electron chi connectivity index (χ0n) is 9.38. The molecule has 18 heavy (non-hydrogen) atoms. The van der Waals surface area contributed by atoms with Crippen molar-refractivity contribution in [2.45, 2.75) is 6.92 Å². The molecule has 1 aromatic heterocycles. The molecule has 0 aliphatic rings. The van der Waals surface area contributed by atoms with Gasteiger partial charge in [0.15, 0.2) is 11.6 Å². The Hall–Kier alpha value is -1.41. The number of nitrogens with zero attached hydrogens (tertiary/aromatic N) is 2. The molecule has 106 valence electrons. The number of imidazole rings is 1. The molecule has 0 fully saturated rings. The third-order valence-electron chi connectivity index (χ3n) is 1.18. The van der Waals surface area contributed by atoms with Crippen LogP contribution in [0.3, 0.4) is 0 Å². The fourth-order valence-corrected chi connectivity index (χ4v) is 0.705. The molecule has 0 aliphatic carbocycles. The van der Waals surface area contributed by atoms with Gasteiger partial charge in [-0.05, 0) is 5.64 Å². The SMILES string of the molecule is CC(=O)c1nccn1C.O=S(=O)(O)O.ONOO. The van der Waals surface area contributed by atoms with Crippen LogP contribution >= 0.6 is 0 Å². The normalized spacial score (nSPS) is 9.67. The molecule has 0 bridgehead atoms. The third kappa shape index (κ3) is 14.6. The maximum atomic E-state index is 10.6. The number of rotatable bonds is 2. The topological polar surface area (TPSA) is 171 Å². The van der Waals surface area contributed by atoms with E-state index in [0.29, 0.717) is 5.82 Å². The second-order valence-corrected chi connectivity index (χ2v) is 3.44. The summed E-state index contributed by atoms with van der Waals surface area (Å²) in [6, 6.07) is 0. The van der Waals surface area contributed by atoms with E-state index in [9.17, 15) is 4.79 Å². The number of aryl methyl sites for hydroxylation is 1. The molecule has 0 radical (unpaired) electrons. The number of Topliss-reactive ketones (excluding diaryl/α,β-unsaturated/α-hetero) is 1. The van der Waals surface area contributed by atoms with Crippen LogP contribution in [0.25, 0.3) is 0 Å². The first-order chi connectivity index (χ1) is 8.13. The van der Waals surface area contributed by atoms with Crippen molar-refractivity contribution < 1.29 is 37.8 Å². The van der Waals surface area contributed by atoms with Gasteiger partial charge in [-0.15, -0.1) is 4.99 Å². The smallest absolute Gasteiger partial charge is 0.332 e. The molecule has 0 spiro atoms. The first kappa shape index (κ1) is 18.9. The van der Waals surface area contributed by atoms with E-state index in [2.05, 4.69) is 9.97 Å². The van der Waals surface area contributed by atoms with Crippen molar-refractivity contribution in [3.63, 3.8) is 0 Å². The van der Waals surface area contributed by atoms with E-state index in [0.717, 1.165) is 5.64 Å².